The lowest BCUT2D eigenvalue weighted by molar-refractivity contribution is -0.134. The highest BCUT2D eigenvalue weighted by atomic mass is 32.1. The molecule has 2 rings (SSSR count). The van der Waals surface area contributed by atoms with Crippen molar-refractivity contribution in [3.8, 4) is 5.75 Å². The zero-order valence-electron chi connectivity index (χ0n) is 18.1. The Morgan fingerprint density at radius 1 is 0.710 bits per heavy atom. The molecule has 0 fully saturated rings. The molecule has 31 heavy (non-hydrogen) atoms. The first-order valence-electron chi connectivity index (χ1n) is 11.1. The van der Waals surface area contributed by atoms with Gasteiger partial charge < -0.3 is 9.47 Å². The molecule has 0 aliphatic carbocycles. The van der Waals surface area contributed by atoms with Crippen LogP contribution in [-0.4, -0.2) is 24.6 Å². The summed E-state index contributed by atoms with van der Waals surface area (Å²) in [6.45, 7) is 1.22. The van der Waals surface area contributed by atoms with E-state index in [0.29, 0.717) is 6.61 Å². The molecule has 0 saturated carbocycles. The van der Waals surface area contributed by atoms with Gasteiger partial charge in [-0.15, -0.1) is 0 Å². The van der Waals surface area contributed by atoms with Crippen LogP contribution in [0.4, 0.5) is 11.4 Å². The first kappa shape index (κ1) is 24.7. The fourth-order valence-electron chi connectivity index (χ4n) is 3.06. The molecule has 0 radical (unpaired) electrons. The van der Waals surface area contributed by atoms with Crippen molar-refractivity contribution >= 4 is 34.9 Å². The molecule has 2 aromatic carbocycles. The molecule has 0 heterocycles. The Kier molecular flexibility index (Phi) is 12.8. The molecule has 0 bridgehead atoms. The van der Waals surface area contributed by atoms with E-state index >= 15 is 0 Å². The van der Waals surface area contributed by atoms with E-state index in [1.54, 1.807) is 0 Å². The van der Waals surface area contributed by atoms with E-state index in [9.17, 15) is 4.79 Å². The topological polar surface area (TPSA) is 60.2 Å². The van der Waals surface area contributed by atoms with Crippen LogP contribution < -0.4 is 4.74 Å². The second kappa shape index (κ2) is 16.1. The Labute approximate surface area is 190 Å². The smallest absolute Gasteiger partial charge is 0.341 e. The molecule has 2 aromatic rings. The molecule has 0 amide bonds. The van der Waals surface area contributed by atoms with Crippen LogP contribution in [0.5, 0.6) is 5.75 Å². The fourth-order valence-corrected chi connectivity index (χ4v) is 3.13. The lowest BCUT2D eigenvalue weighted by atomic mass is 10.1. The predicted molar refractivity (Wildman–Crippen MR) is 129 cm³/mol. The summed E-state index contributed by atoms with van der Waals surface area (Å²) in [5.41, 5.74) is 1.65. The summed E-state index contributed by atoms with van der Waals surface area (Å²) in [5, 5.41) is 9.50. The third-order valence-electron chi connectivity index (χ3n) is 4.77. The number of carbonyl (C=O) groups is 1. The highest BCUT2D eigenvalue weighted by Crippen LogP contribution is 2.21. The number of unbranched alkanes of at least 4 members (excludes halogenated alkanes) is 8. The van der Waals surface area contributed by atoms with E-state index in [4.69, 9.17) is 9.47 Å². The zero-order valence-corrected chi connectivity index (χ0v) is 18.9. The molecule has 6 heteroatoms. The normalized spacial score (nSPS) is 10.8. The van der Waals surface area contributed by atoms with Crippen molar-refractivity contribution < 1.29 is 14.3 Å². The summed E-state index contributed by atoms with van der Waals surface area (Å²) in [5.74, 6) is 0.469. The number of azo groups is 1. The van der Waals surface area contributed by atoms with Gasteiger partial charge in [0.05, 0.1) is 30.0 Å². The van der Waals surface area contributed by atoms with Crippen molar-refractivity contribution in [1.82, 2.24) is 0 Å². The SMILES string of the molecule is O=C(C=S)OCCCCCCCCCCCOc1ccc(N=Nc2ccccc2)cc1. The lowest BCUT2D eigenvalue weighted by Crippen LogP contribution is -2.05. The van der Waals surface area contributed by atoms with E-state index in [0.717, 1.165) is 48.4 Å². The minimum absolute atomic E-state index is 0.402. The molecule has 0 saturated heterocycles. The molecule has 0 atom stereocenters. The standard InChI is InChI=1S/C25H32N2O3S/c28-25(21-31)30-20-12-7-5-3-1-2-4-6-11-19-29-24-17-15-23(16-18-24)27-26-22-13-9-8-10-14-22/h8-10,13-18,21H,1-7,11-12,19-20H2. The van der Waals surface area contributed by atoms with Gasteiger partial charge in [-0.1, -0.05) is 75.4 Å². The van der Waals surface area contributed by atoms with E-state index in [-0.39, 0.29) is 0 Å². The van der Waals surface area contributed by atoms with Crippen LogP contribution in [0.2, 0.25) is 0 Å². The van der Waals surface area contributed by atoms with Gasteiger partial charge in [0.1, 0.15) is 5.75 Å². The van der Waals surface area contributed by atoms with Gasteiger partial charge in [0.2, 0.25) is 0 Å². The largest absolute Gasteiger partial charge is 0.494 e. The Hall–Kier alpha value is -2.60. The second-order valence-corrected chi connectivity index (χ2v) is 7.58. The van der Waals surface area contributed by atoms with Crippen molar-refractivity contribution in [2.75, 3.05) is 13.2 Å². The summed E-state index contributed by atoms with van der Waals surface area (Å²) >= 11 is 4.50. The van der Waals surface area contributed by atoms with Crippen LogP contribution in [0.15, 0.2) is 64.8 Å². The van der Waals surface area contributed by atoms with Crippen molar-refractivity contribution in [2.45, 2.75) is 57.8 Å². The number of ether oxygens (including phenoxy) is 2. The average Bonchev–Trinajstić information content (AvgIpc) is 2.82. The zero-order chi connectivity index (χ0) is 22.0. The van der Waals surface area contributed by atoms with Gasteiger partial charge in [0.15, 0.2) is 0 Å². The monoisotopic (exact) mass is 440 g/mol. The fraction of sp³-hybridized carbons (Fsp3) is 0.440. The number of hydrogen-bond donors (Lipinski definition) is 0. The summed E-state index contributed by atoms with van der Waals surface area (Å²) < 4.78 is 10.7. The van der Waals surface area contributed by atoms with Gasteiger partial charge in [-0.2, -0.15) is 10.2 Å². The second-order valence-electron chi connectivity index (χ2n) is 7.35. The van der Waals surface area contributed by atoms with Crippen LogP contribution in [0.25, 0.3) is 0 Å². The summed E-state index contributed by atoms with van der Waals surface area (Å²) in [4.78, 5) is 10.9. The van der Waals surface area contributed by atoms with E-state index in [1.807, 2.05) is 54.6 Å². The maximum Gasteiger partial charge on any atom is 0.341 e. The Balaban J connectivity index is 1.43. The number of benzene rings is 2. The Bertz CT molecular complexity index is 779. The van der Waals surface area contributed by atoms with Gasteiger partial charge in [-0.25, -0.2) is 4.79 Å². The maximum atomic E-state index is 10.9. The van der Waals surface area contributed by atoms with Crippen molar-refractivity contribution in [1.29, 1.82) is 0 Å². The number of rotatable bonds is 16. The maximum absolute atomic E-state index is 10.9. The average molecular weight is 441 g/mol. The molecule has 0 aromatic heterocycles. The van der Waals surface area contributed by atoms with Crippen LogP contribution in [0.1, 0.15) is 57.8 Å². The van der Waals surface area contributed by atoms with Crippen LogP contribution >= 0.6 is 12.2 Å². The number of carbonyl (C=O) groups excluding carboxylic acids is 1. The highest BCUT2D eigenvalue weighted by molar-refractivity contribution is 7.80. The van der Waals surface area contributed by atoms with Crippen molar-refractivity contribution in [3.05, 3.63) is 54.6 Å². The molecule has 166 valence electrons. The molecule has 0 aliphatic heterocycles. The molecule has 0 aliphatic rings. The van der Waals surface area contributed by atoms with E-state index < -0.39 is 5.97 Å². The minimum atomic E-state index is -0.402. The van der Waals surface area contributed by atoms with Gasteiger partial charge in [-0.3, -0.25) is 0 Å². The van der Waals surface area contributed by atoms with Gasteiger partial charge in [0, 0.05) is 0 Å². The first-order chi connectivity index (χ1) is 15.3. The van der Waals surface area contributed by atoms with Crippen molar-refractivity contribution in [2.24, 2.45) is 10.2 Å². The molecular weight excluding hydrogens is 408 g/mol. The van der Waals surface area contributed by atoms with E-state index in [1.165, 1.54) is 38.5 Å². The van der Waals surface area contributed by atoms with Gasteiger partial charge in [-0.05, 0) is 49.2 Å². The van der Waals surface area contributed by atoms with Crippen molar-refractivity contribution in [3.63, 3.8) is 0 Å². The van der Waals surface area contributed by atoms with Crippen LogP contribution in [-0.2, 0) is 9.53 Å². The van der Waals surface area contributed by atoms with E-state index in [2.05, 4.69) is 22.4 Å². The molecule has 0 spiro atoms. The minimum Gasteiger partial charge on any atom is -0.494 e. The Morgan fingerprint density at radius 3 is 1.81 bits per heavy atom. The molecule has 5 nitrogen and oxygen atoms in total. The highest BCUT2D eigenvalue weighted by Gasteiger charge is 1.98. The number of thiocarbonyl (C=S) groups is 1. The quantitative estimate of drug-likeness (QED) is 0.117. The third-order valence-corrected chi connectivity index (χ3v) is 4.96. The predicted octanol–water partition coefficient (Wildman–Crippen LogP) is 7.53. The summed E-state index contributed by atoms with van der Waals surface area (Å²) in [7, 11) is 0. The molecular formula is C25H32N2O3S. The van der Waals surface area contributed by atoms with Crippen LogP contribution in [0, 0.1) is 0 Å². The van der Waals surface area contributed by atoms with Gasteiger partial charge in [0.25, 0.3) is 0 Å². The first-order valence-corrected chi connectivity index (χ1v) is 11.6. The summed E-state index contributed by atoms with van der Waals surface area (Å²) in [6.07, 6.45) is 10.5. The number of esters is 1. The molecule has 0 unspecified atom stereocenters. The number of hydrogen-bond acceptors (Lipinski definition) is 6. The Morgan fingerprint density at radius 2 is 1.23 bits per heavy atom. The lowest BCUT2D eigenvalue weighted by Gasteiger charge is -2.06. The van der Waals surface area contributed by atoms with Crippen LogP contribution in [0.3, 0.4) is 0 Å². The number of nitrogens with zero attached hydrogens (tertiary/aromatic N) is 2. The summed E-state index contributed by atoms with van der Waals surface area (Å²) in [6, 6.07) is 17.4. The molecule has 0 N–H and O–H groups in total. The van der Waals surface area contributed by atoms with Gasteiger partial charge >= 0.3 is 5.97 Å². The third kappa shape index (κ3) is 12.0.